The Morgan fingerprint density at radius 1 is 1.32 bits per heavy atom. The maximum Gasteiger partial charge on any atom is 0.257 e. The van der Waals surface area contributed by atoms with Crippen LogP contribution in [0.15, 0.2) is 53.0 Å². The molecule has 0 amide bonds. The van der Waals surface area contributed by atoms with Crippen LogP contribution in [0.3, 0.4) is 0 Å². The molecule has 0 bridgehead atoms. The predicted molar refractivity (Wildman–Crippen MR) is 80.4 cm³/mol. The second-order valence-electron chi connectivity index (χ2n) is 4.57. The van der Waals surface area contributed by atoms with Gasteiger partial charge in [-0.05, 0) is 25.6 Å². The summed E-state index contributed by atoms with van der Waals surface area (Å²) in [6.07, 6.45) is 5.42. The molecular formula is C15H19NO2Si. The van der Waals surface area contributed by atoms with Crippen LogP contribution in [0, 0.1) is 0 Å². The first-order valence-electron chi connectivity index (χ1n) is 6.38. The van der Waals surface area contributed by atoms with Crippen molar-refractivity contribution >= 4 is 15.1 Å². The van der Waals surface area contributed by atoms with Crippen molar-refractivity contribution < 1.29 is 8.84 Å². The van der Waals surface area contributed by atoms with Crippen LogP contribution in [0.5, 0.6) is 5.75 Å². The van der Waals surface area contributed by atoms with Gasteiger partial charge in [0.1, 0.15) is 5.75 Å². The fourth-order valence-electron chi connectivity index (χ4n) is 1.82. The molecule has 19 heavy (non-hydrogen) atoms. The van der Waals surface area contributed by atoms with Crippen LogP contribution in [-0.4, -0.2) is 9.04 Å². The van der Waals surface area contributed by atoms with Gasteiger partial charge in [0, 0.05) is 17.2 Å². The maximum atomic E-state index is 6.05. The number of hydrogen-bond acceptors (Lipinski definition) is 3. The van der Waals surface area contributed by atoms with Crippen molar-refractivity contribution in [1.82, 2.24) is 0 Å². The van der Waals surface area contributed by atoms with E-state index in [1.807, 2.05) is 43.3 Å². The largest absolute Gasteiger partial charge is 0.543 e. The standard InChI is InChI=1S/C15H19NO2Si/c1-12(16)14-5-3-4-6-15(14)18-19(2)10-8-13-7-9-17-11-13/h3-12,19H,16H2,1-2H3/b10-8+. The fourth-order valence-corrected chi connectivity index (χ4v) is 3.01. The molecule has 0 radical (unpaired) electrons. The van der Waals surface area contributed by atoms with Crippen molar-refractivity contribution in [2.75, 3.05) is 0 Å². The molecule has 0 aliphatic carbocycles. The molecule has 1 heterocycles. The summed E-state index contributed by atoms with van der Waals surface area (Å²) in [6.45, 7) is 4.10. The number of para-hydroxylation sites is 1. The number of furan rings is 1. The van der Waals surface area contributed by atoms with Gasteiger partial charge in [-0.15, -0.1) is 0 Å². The van der Waals surface area contributed by atoms with E-state index in [2.05, 4.69) is 12.2 Å². The van der Waals surface area contributed by atoms with Gasteiger partial charge in [0.25, 0.3) is 9.04 Å². The van der Waals surface area contributed by atoms with Crippen molar-refractivity contribution in [3.8, 4) is 5.75 Å². The number of benzene rings is 1. The lowest BCUT2D eigenvalue weighted by Crippen LogP contribution is -2.17. The van der Waals surface area contributed by atoms with E-state index in [-0.39, 0.29) is 6.04 Å². The van der Waals surface area contributed by atoms with Crippen LogP contribution < -0.4 is 10.2 Å². The lowest BCUT2D eigenvalue weighted by molar-refractivity contribution is 0.566. The van der Waals surface area contributed by atoms with Crippen molar-refractivity contribution in [2.45, 2.75) is 19.5 Å². The Bertz CT molecular complexity index is 535. The van der Waals surface area contributed by atoms with E-state index in [0.29, 0.717) is 0 Å². The summed E-state index contributed by atoms with van der Waals surface area (Å²) in [7, 11) is -1.42. The highest BCUT2D eigenvalue weighted by Crippen LogP contribution is 2.23. The third-order valence-electron chi connectivity index (χ3n) is 2.83. The molecule has 0 aliphatic heterocycles. The molecule has 3 nitrogen and oxygen atoms in total. The Kier molecular flexibility index (Phi) is 4.60. The van der Waals surface area contributed by atoms with Crippen LogP contribution in [0.1, 0.15) is 24.1 Å². The monoisotopic (exact) mass is 273 g/mol. The minimum absolute atomic E-state index is 0.0183. The number of hydrogen-bond donors (Lipinski definition) is 1. The minimum atomic E-state index is -1.42. The third-order valence-corrected chi connectivity index (χ3v) is 4.19. The molecule has 0 spiro atoms. The van der Waals surface area contributed by atoms with Gasteiger partial charge in [-0.2, -0.15) is 0 Å². The van der Waals surface area contributed by atoms with E-state index >= 15 is 0 Å². The Balaban J connectivity index is 2.05. The quantitative estimate of drug-likeness (QED) is 0.850. The second-order valence-corrected chi connectivity index (χ2v) is 6.60. The summed E-state index contributed by atoms with van der Waals surface area (Å²) in [5, 5.41) is 0. The lowest BCUT2D eigenvalue weighted by atomic mass is 10.1. The van der Waals surface area contributed by atoms with Gasteiger partial charge in [0.15, 0.2) is 0 Å². The van der Waals surface area contributed by atoms with Gasteiger partial charge in [0.2, 0.25) is 0 Å². The van der Waals surface area contributed by atoms with E-state index in [4.69, 9.17) is 14.6 Å². The third kappa shape index (κ3) is 3.84. The average molecular weight is 273 g/mol. The number of rotatable bonds is 5. The molecular weight excluding hydrogens is 254 g/mol. The van der Waals surface area contributed by atoms with Crippen LogP contribution in [0.2, 0.25) is 6.55 Å². The van der Waals surface area contributed by atoms with Crippen LogP contribution in [0.25, 0.3) is 6.08 Å². The summed E-state index contributed by atoms with van der Waals surface area (Å²) in [5.41, 5.74) is 10.2. The zero-order chi connectivity index (χ0) is 13.7. The highest BCUT2D eigenvalue weighted by molar-refractivity contribution is 6.57. The molecule has 1 aromatic heterocycles. The molecule has 100 valence electrons. The summed E-state index contributed by atoms with van der Waals surface area (Å²) >= 11 is 0. The first-order chi connectivity index (χ1) is 9.16. The lowest BCUT2D eigenvalue weighted by Gasteiger charge is -2.16. The molecule has 0 saturated carbocycles. The minimum Gasteiger partial charge on any atom is -0.543 e. The summed E-state index contributed by atoms with van der Waals surface area (Å²) in [4.78, 5) is 0. The van der Waals surface area contributed by atoms with E-state index in [9.17, 15) is 0 Å². The smallest absolute Gasteiger partial charge is 0.257 e. The van der Waals surface area contributed by atoms with Crippen LogP contribution in [0.4, 0.5) is 0 Å². The fraction of sp³-hybridized carbons (Fsp3) is 0.200. The topological polar surface area (TPSA) is 48.4 Å². The van der Waals surface area contributed by atoms with E-state index in [0.717, 1.165) is 16.9 Å². The van der Waals surface area contributed by atoms with Gasteiger partial charge >= 0.3 is 0 Å². The Hall–Kier alpha value is -1.78. The first-order valence-corrected chi connectivity index (χ1v) is 8.67. The average Bonchev–Trinajstić information content (AvgIpc) is 2.90. The molecule has 0 saturated heterocycles. The molecule has 2 unspecified atom stereocenters. The van der Waals surface area contributed by atoms with Gasteiger partial charge in [-0.1, -0.05) is 30.0 Å². The van der Waals surface area contributed by atoms with Crippen molar-refractivity contribution in [1.29, 1.82) is 0 Å². The Morgan fingerprint density at radius 2 is 2.11 bits per heavy atom. The van der Waals surface area contributed by atoms with Gasteiger partial charge in [-0.25, -0.2) is 0 Å². The van der Waals surface area contributed by atoms with E-state index in [1.54, 1.807) is 12.5 Å². The van der Waals surface area contributed by atoms with E-state index < -0.39 is 9.04 Å². The molecule has 2 aromatic rings. The van der Waals surface area contributed by atoms with Crippen LogP contribution in [-0.2, 0) is 0 Å². The van der Waals surface area contributed by atoms with Crippen molar-refractivity contribution in [3.63, 3.8) is 0 Å². The SMILES string of the molecule is CC(N)c1ccccc1O[SiH](C)/C=C/c1ccoc1. The normalized spacial score (nSPS) is 14.5. The highest BCUT2D eigenvalue weighted by Gasteiger charge is 2.09. The number of nitrogens with two attached hydrogens (primary N) is 1. The van der Waals surface area contributed by atoms with Crippen LogP contribution >= 0.6 is 0 Å². The summed E-state index contributed by atoms with van der Waals surface area (Å²) in [6, 6.07) is 9.86. The molecule has 2 atom stereocenters. The molecule has 0 fully saturated rings. The molecule has 1 aromatic carbocycles. The summed E-state index contributed by atoms with van der Waals surface area (Å²) in [5.74, 6) is 0.897. The van der Waals surface area contributed by atoms with Gasteiger partial charge in [-0.3, -0.25) is 0 Å². The Morgan fingerprint density at radius 3 is 2.79 bits per heavy atom. The maximum absolute atomic E-state index is 6.05. The van der Waals surface area contributed by atoms with Gasteiger partial charge in [0.05, 0.1) is 12.5 Å². The molecule has 2 rings (SSSR count). The summed E-state index contributed by atoms with van der Waals surface area (Å²) < 4.78 is 11.1. The van der Waals surface area contributed by atoms with Crippen molar-refractivity contribution in [2.24, 2.45) is 5.73 Å². The second kappa shape index (κ2) is 6.40. The molecule has 0 aliphatic rings. The first kappa shape index (κ1) is 13.6. The van der Waals surface area contributed by atoms with Crippen molar-refractivity contribution in [3.05, 3.63) is 59.7 Å². The van der Waals surface area contributed by atoms with E-state index in [1.165, 1.54) is 0 Å². The predicted octanol–water partition coefficient (Wildman–Crippen LogP) is 3.28. The molecule has 2 N–H and O–H groups in total. The molecule has 4 heteroatoms. The zero-order valence-electron chi connectivity index (χ0n) is 11.2. The van der Waals surface area contributed by atoms with Gasteiger partial charge < -0.3 is 14.6 Å². The highest BCUT2D eigenvalue weighted by atomic mass is 28.3. The zero-order valence-corrected chi connectivity index (χ0v) is 12.4. The Labute approximate surface area is 115 Å².